The molecule has 5 nitrogen and oxygen atoms in total. The fraction of sp³-hybridized carbons (Fsp3) is 0.462. The van der Waals surface area contributed by atoms with Crippen molar-refractivity contribution in [1.29, 1.82) is 0 Å². The highest BCUT2D eigenvalue weighted by molar-refractivity contribution is 7.98. The van der Waals surface area contributed by atoms with Crippen molar-refractivity contribution in [2.24, 2.45) is 0 Å². The highest BCUT2D eigenvalue weighted by Crippen LogP contribution is 2.15. The number of aromatic nitrogens is 3. The minimum atomic E-state index is -0.0411. The number of ether oxygens (including phenoxy) is 1. The second-order valence-electron chi connectivity index (χ2n) is 4.56. The van der Waals surface area contributed by atoms with Crippen LogP contribution in [0.5, 0.6) is 0 Å². The average molecular weight is 277 g/mol. The average Bonchev–Trinajstić information content (AvgIpc) is 2.94. The SMILES string of the molecule is CSc1ncc2c(=O)n(CC3CCCO3)ccc2n1. The van der Waals surface area contributed by atoms with E-state index in [0.29, 0.717) is 22.6 Å². The molecule has 1 fully saturated rings. The predicted octanol–water partition coefficient (Wildman–Crippen LogP) is 1.69. The van der Waals surface area contributed by atoms with Crippen LogP contribution in [0.15, 0.2) is 28.4 Å². The molecule has 1 atom stereocenters. The van der Waals surface area contributed by atoms with Crippen LogP contribution in [-0.2, 0) is 11.3 Å². The first-order valence-electron chi connectivity index (χ1n) is 6.30. The summed E-state index contributed by atoms with van der Waals surface area (Å²) >= 11 is 1.47. The number of pyridine rings is 1. The summed E-state index contributed by atoms with van der Waals surface area (Å²) in [7, 11) is 0. The van der Waals surface area contributed by atoms with E-state index in [4.69, 9.17) is 4.74 Å². The van der Waals surface area contributed by atoms with E-state index in [1.54, 1.807) is 17.0 Å². The monoisotopic (exact) mass is 277 g/mol. The Labute approximate surface area is 115 Å². The number of nitrogens with zero attached hydrogens (tertiary/aromatic N) is 3. The summed E-state index contributed by atoms with van der Waals surface area (Å²) < 4.78 is 7.26. The molecule has 2 aromatic heterocycles. The smallest absolute Gasteiger partial charge is 0.261 e. The zero-order valence-corrected chi connectivity index (χ0v) is 11.5. The topological polar surface area (TPSA) is 57.0 Å². The zero-order chi connectivity index (χ0) is 13.2. The van der Waals surface area contributed by atoms with Gasteiger partial charge >= 0.3 is 0 Å². The lowest BCUT2D eigenvalue weighted by molar-refractivity contribution is 0.0963. The Morgan fingerprint density at radius 2 is 2.47 bits per heavy atom. The molecular weight excluding hydrogens is 262 g/mol. The first-order chi connectivity index (χ1) is 9.28. The molecule has 0 N–H and O–H groups in total. The lowest BCUT2D eigenvalue weighted by Gasteiger charge is -2.12. The van der Waals surface area contributed by atoms with Crippen molar-refractivity contribution in [3.05, 3.63) is 28.8 Å². The normalized spacial score (nSPS) is 19.1. The van der Waals surface area contributed by atoms with Gasteiger partial charge in [0.25, 0.3) is 5.56 Å². The Bertz CT molecular complexity index is 650. The third-order valence-corrected chi connectivity index (χ3v) is 3.87. The third kappa shape index (κ3) is 2.50. The molecule has 0 aromatic carbocycles. The molecule has 6 heteroatoms. The highest BCUT2D eigenvalue weighted by atomic mass is 32.2. The number of hydrogen-bond donors (Lipinski definition) is 0. The van der Waals surface area contributed by atoms with Crippen LogP contribution in [0.1, 0.15) is 12.8 Å². The van der Waals surface area contributed by atoms with Gasteiger partial charge in [-0.3, -0.25) is 4.79 Å². The van der Waals surface area contributed by atoms with Gasteiger partial charge in [-0.1, -0.05) is 11.8 Å². The second kappa shape index (κ2) is 5.30. The van der Waals surface area contributed by atoms with Crippen LogP contribution in [0.4, 0.5) is 0 Å². The van der Waals surface area contributed by atoms with Crippen LogP contribution >= 0.6 is 11.8 Å². The van der Waals surface area contributed by atoms with Gasteiger partial charge in [-0.25, -0.2) is 9.97 Å². The van der Waals surface area contributed by atoms with Crippen LogP contribution in [-0.4, -0.2) is 33.5 Å². The van der Waals surface area contributed by atoms with Crippen LogP contribution < -0.4 is 5.56 Å². The van der Waals surface area contributed by atoms with E-state index >= 15 is 0 Å². The van der Waals surface area contributed by atoms with Crippen molar-refractivity contribution < 1.29 is 4.74 Å². The lowest BCUT2D eigenvalue weighted by Crippen LogP contribution is -2.26. The molecule has 0 aliphatic carbocycles. The minimum Gasteiger partial charge on any atom is -0.376 e. The van der Waals surface area contributed by atoms with E-state index in [1.165, 1.54) is 11.8 Å². The van der Waals surface area contributed by atoms with Gasteiger partial charge in [0.05, 0.1) is 23.6 Å². The molecule has 0 spiro atoms. The summed E-state index contributed by atoms with van der Waals surface area (Å²) in [6.07, 6.45) is 7.58. The van der Waals surface area contributed by atoms with Gasteiger partial charge in [-0.15, -0.1) is 0 Å². The van der Waals surface area contributed by atoms with Gasteiger partial charge in [0.2, 0.25) is 0 Å². The quantitative estimate of drug-likeness (QED) is 0.631. The molecule has 0 radical (unpaired) electrons. The maximum absolute atomic E-state index is 12.3. The fourth-order valence-electron chi connectivity index (χ4n) is 2.30. The van der Waals surface area contributed by atoms with E-state index in [2.05, 4.69) is 9.97 Å². The Kier molecular flexibility index (Phi) is 3.52. The molecule has 1 aliphatic rings. The van der Waals surface area contributed by atoms with Crippen molar-refractivity contribution in [3.8, 4) is 0 Å². The van der Waals surface area contributed by atoms with Crippen LogP contribution in [0, 0.1) is 0 Å². The van der Waals surface area contributed by atoms with Crippen LogP contribution in [0.3, 0.4) is 0 Å². The largest absolute Gasteiger partial charge is 0.376 e. The first-order valence-corrected chi connectivity index (χ1v) is 7.52. The van der Waals surface area contributed by atoms with Crippen molar-refractivity contribution in [2.45, 2.75) is 30.6 Å². The van der Waals surface area contributed by atoms with E-state index in [-0.39, 0.29) is 11.7 Å². The van der Waals surface area contributed by atoms with Gasteiger partial charge in [-0.2, -0.15) is 0 Å². The van der Waals surface area contributed by atoms with Crippen molar-refractivity contribution in [2.75, 3.05) is 12.9 Å². The van der Waals surface area contributed by atoms with Gasteiger partial charge in [-0.05, 0) is 25.2 Å². The summed E-state index contributed by atoms with van der Waals surface area (Å²) in [5.74, 6) is 0. The maximum atomic E-state index is 12.3. The molecule has 2 aromatic rings. The van der Waals surface area contributed by atoms with E-state index < -0.39 is 0 Å². The van der Waals surface area contributed by atoms with Crippen molar-refractivity contribution >= 4 is 22.7 Å². The van der Waals surface area contributed by atoms with Gasteiger partial charge in [0, 0.05) is 19.0 Å². The van der Waals surface area contributed by atoms with Gasteiger partial charge < -0.3 is 9.30 Å². The molecule has 1 saturated heterocycles. The molecule has 0 saturated carbocycles. The van der Waals surface area contributed by atoms with Crippen molar-refractivity contribution in [1.82, 2.24) is 14.5 Å². The van der Waals surface area contributed by atoms with Crippen LogP contribution in [0.25, 0.3) is 10.9 Å². The second-order valence-corrected chi connectivity index (χ2v) is 5.34. The van der Waals surface area contributed by atoms with Gasteiger partial charge in [0.1, 0.15) is 0 Å². The molecule has 3 heterocycles. The Morgan fingerprint density at radius 3 is 3.21 bits per heavy atom. The third-order valence-electron chi connectivity index (χ3n) is 3.31. The molecule has 3 rings (SSSR count). The zero-order valence-electron chi connectivity index (χ0n) is 10.7. The summed E-state index contributed by atoms with van der Waals surface area (Å²) in [6, 6.07) is 1.87. The predicted molar refractivity (Wildman–Crippen MR) is 74.6 cm³/mol. The molecule has 0 bridgehead atoms. The fourth-order valence-corrected chi connectivity index (χ4v) is 2.65. The van der Waals surface area contributed by atoms with Crippen molar-refractivity contribution in [3.63, 3.8) is 0 Å². The lowest BCUT2D eigenvalue weighted by atomic mass is 10.2. The Morgan fingerprint density at radius 1 is 1.58 bits per heavy atom. The summed E-state index contributed by atoms with van der Waals surface area (Å²) in [4.78, 5) is 20.8. The van der Waals surface area contributed by atoms with E-state index in [0.717, 1.165) is 19.4 Å². The summed E-state index contributed by atoms with van der Waals surface area (Å²) in [5.41, 5.74) is 0.661. The van der Waals surface area contributed by atoms with E-state index in [9.17, 15) is 4.79 Å². The van der Waals surface area contributed by atoms with Gasteiger partial charge in [0.15, 0.2) is 5.16 Å². The number of hydrogen-bond acceptors (Lipinski definition) is 5. The van der Waals surface area contributed by atoms with Crippen LogP contribution in [0.2, 0.25) is 0 Å². The Hall–Kier alpha value is -1.40. The molecule has 0 amide bonds. The molecule has 1 unspecified atom stereocenters. The molecular formula is C13H15N3O2S. The highest BCUT2D eigenvalue weighted by Gasteiger charge is 2.17. The molecule has 19 heavy (non-hydrogen) atoms. The summed E-state index contributed by atoms with van der Waals surface area (Å²) in [5, 5.41) is 1.25. The first kappa shape index (κ1) is 12.6. The molecule has 100 valence electrons. The molecule has 1 aliphatic heterocycles. The maximum Gasteiger partial charge on any atom is 0.261 e. The number of fused-ring (bicyclic) bond motifs is 1. The number of thioether (sulfide) groups is 1. The Balaban J connectivity index is 1.98. The minimum absolute atomic E-state index is 0.0411. The van der Waals surface area contributed by atoms with E-state index in [1.807, 2.05) is 12.3 Å². The number of rotatable bonds is 3. The summed E-state index contributed by atoms with van der Waals surface area (Å²) in [6.45, 7) is 1.41. The standard InChI is InChI=1S/C13H15N3O2S/c1-19-13-14-7-10-11(15-13)4-5-16(12(10)17)8-9-3-2-6-18-9/h4-5,7,9H,2-3,6,8H2,1H3.